The topological polar surface area (TPSA) is 103 Å². The van der Waals surface area contributed by atoms with E-state index in [0.29, 0.717) is 29.7 Å². The van der Waals surface area contributed by atoms with Gasteiger partial charge in [-0.1, -0.05) is 6.07 Å². The number of aliphatic hydroxyl groups is 2. The summed E-state index contributed by atoms with van der Waals surface area (Å²) in [4.78, 5) is 18.6. The molecule has 36 heavy (non-hydrogen) atoms. The van der Waals surface area contributed by atoms with Crippen molar-refractivity contribution in [3.8, 4) is 5.75 Å². The van der Waals surface area contributed by atoms with Gasteiger partial charge < -0.3 is 25.0 Å². The van der Waals surface area contributed by atoms with Crippen molar-refractivity contribution in [2.24, 2.45) is 5.41 Å². The van der Waals surface area contributed by atoms with Crippen LogP contribution in [0.25, 0.3) is 10.9 Å². The van der Waals surface area contributed by atoms with Gasteiger partial charge in [0.1, 0.15) is 5.75 Å². The Hall–Kier alpha value is -2.17. The van der Waals surface area contributed by atoms with Gasteiger partial charge in [0.25, 0.3) is 0 Å². The highest BCUT2D eigenvalue weighted by atomic mass is 32.2. The lowest BCUT2D eigenvalue weighted by atomic mass is 9.71. The summed E-state index contributed by atoms with van der Waals surface area (Å²) in [5.41, 5.74) is 1.60. The van der Waals surface area contributed by atoms with Gasteiger partial charge in [0, 0.05) is 29.4 Å². The first kappa shape index (κ1) is 26.9. The van der Waals surface area contributed by atoms with Crippen LogP contribution in [0.2, 0.25) is 0 Å². The molecule has 1 saturated heterocycles. The second kappa shape index (κ2) is 12.4. The largest absolute Gasteiger partial charge is 0.497 e. The van der Waals surface area contributed by atoms with Gasteiger partial charge in [0.05, 0.1) is 36.0 Å². The van der Waals surface area contributed by atoms with Crippen molar-refractivity contribution in [1.29, 1.82) is 0 Å². The van der Waals surface area contributed by atoms with Crippen molar-refractivity contribution in [3.05, 3.63) is 53.0 Å². The van der Waals surface area contributed by atoms with E-state index in [4.69, 9.17) is 4.74 Å². The highest BCUT2D eigenvalue weighted by Gasteiger charge is 2.37. The van der Waals surface area contributed by atoms with Crippen molar-refractivity contribution in [2.45, 2.75) is 49.0 Å². The maximum absolute atomic E-state index is 11.8. The van der Waals surface area contributed by atoms with E-state index in [0.717, 1.165) is 49.1 Å². The molecule has 0 radical (unpaired) electrons. The standard InChI is InChI=1S/C27H34N2O5S2/c1-34-20-4-5-22-21(15-20)26(19(18-30)17-28-22)23(31)6-7-27(16-24(32)33)8-10-29(11-9-27)12-14-36-25-3-2-13-35-25/h2-5,13,15,17,23,30-31H,6-12,14,16,18H2,1H3,(H,32,33)/t23-/m0/s1. The van der Waals surface area contributed by atoms with Crippen molar-refractivity contribution >= 4 is 40.0 Å². The summed E-state index contributed by atoms with van der Waals surface area (Å²) in [7, 11) is 1.59. The number of ether oxygens (including phenoxy) is 1. The molecule has 1 aliphatic heterocycles. The first-order chi connectivity index (χ1) is 17.4. The van der Waals surface area contributed by atoms with Crippen LogP contribution in [0, 0.1) is 5.41 Å². The monoisotopic (exact) mass is 530 g/mol. The number of carbonyl (C=O) groups is 1. The number of likely N-dealkylation sites (tertiary alicyclic amines) is 1. The summed E-state index contributed by atoms with van der Waals surface area (Å²) in [5, 5.41) is 33.7. The third-order valence-electron chi connectivity index (χ3n) is 7.24. The molecule has 1 aliphatic rings. The van der Waals surface area contributed by atoms with Crippen LogP contribution < -0.4 is 4.74 Å². The zero-order valence-corrected chi connectivity index (χ0v) is 22.2. The normalized spacial score (nSPS) is 16.8. The number of fused-ring (bicyclic) bond motifs is 1. The van der Waals surface area contributed by atoms with Crippen molar-refractivity contribution in [2.75, 3.05) is 32.5 Å². The Labute approximate surface area is 220 Å². The van der Waals surface area contributed by atoms with E-state index in [-0.39, 0.29) is 18.4 Å². The fourth-order valence-electron chi connectivity index (χ4n) is 5.18. The third-order valence-corrected chi connectivity index (χ3v) is 9.35. The molecular weight excluding hydrogens is 496 g/mol. The molecule has 1 fully saturated rings. The Kier molecular flexibility index (Phi) is 9.25. The second-order valence-electron chi connectivity index (χ2n) is 9.49. The lowest BCUT2D eigenvalue weighted by Crippen LogP contribution is -2.42. The van der Waals surface area contributed by atoms with E-state index in [2.05, 4.69) is 27.4 Å². The van der Waals surface area contributed by atoms with Crippen molar-refractivity contribution in [3.63, 3.8) is 0 Å². The minimum Gasteiger partial charge on any atom is -0.497 e. The molecule has 7 nitrogen and oxygen atoms in total. The van der Waals surface area contributed by atoms with E-state index < -0.39 is 12.1 Å². The van der Waals surface area contributed by atoms with Crippen LogP contribution in [0.5, 0.6) is 5.75 Å². The lowest BCUT2D eigenvalue weighted by Gasteiger charge is -2.41. The number of aliphatic carboxylic acids is 1. The summed E-state index contributed by atoms with van der Waals surface area (Å²) in [6.07, 6.45) is 3.50. The molecule has 9 heteroatoms. The van der Waals surface area contributed by atoms with E-state index in [1.165, 1.54) is 4.21 Å². The molecule has 4 rings (SSSR count). The van der Waals surface area contributed by atoms with Gasteiger partial charge in [-0.25, -0.2) is 0 Å². The Morgan fingerprint density at radius 3 is 2.78 bits per heavy atom. The fraction of sp³-hybridized carbons (Fsp3) is 0.481. The van der Waals surface area contributed by atoms with Gasteiger partial charge >= 0.3 is 5.97 Å². The molecule has 194 valence electrons. The van der Waals surface area contributed by atoms with E-state index in [1.807, 2.05) is 30.0 Å². The fourth-order valence-corrected chi connectivity index (χ4v) is 7.04. The first-order valence-electron chi connectivity index (χ1n) is 12.3. The number of benzene rings is 1. The predicted molar refractivity (Wildman–Crippen MR) is 144 cm³/mol. The number of thioether (sulfide) groups is 1. The first-order valence-corrected chi connectivity index (χ1v) is 14.1. The Bertz CT molecular complexity index is 1140. The number of carboxylic acid groups (broad SMARTS) is 1. The van der Waals surface area contributed by atoms with E-state index in [9.17, 15) is 20.1 Å². The quantitative estimate of drug-likeness (QED) is 0.282. The van der Waals surface area contributed by atoms with E-state index in [1.54, 1.807) is 24.6 Å². The number of aliphatic hydroxyl groups excluding tert-OH is 2. The second-order valence-corrected chi connectivity index (χ2v) is 11.8. The average Bonchev–Trinajstić information content (AvgIpc) is 3.40. The number of thiophene rings is 1. The number of rotatable bonds is 12. The highest BCUT2D eigenvalue weighted by molar-refractivity contribution is 8.01. The summed E-state index contributed by atoms with van der Waals surface area (Å²) in [6, 6.07) is 9.69. The number of hydrogen-bond acceptors (Lipinski definition) is 8. The van der Waals surface area contributed by atoms with Crippen LogP contribution in [0.15, 0.2) is 46.1 Å². The minimum absolute atomic E-state index is 0.106. The summed E-state index contributed by atoms with van der Waals surface area (Å²) < 4.78 is 6.69. The summed E-state index contributed by atoms with van der Waals surface area (Å²) in [6.45, 7) is 2.49. The average molecular weight is 531 g/mol. The number of hydrogen-bond donors (Lipinski definition) is 3. The molecule has 3 aromatic rings. The Morgan fingerprint density at radius 1 is 1.31 bits per heavy atom. The number of pyridine rings is 1. The molecule has 3 heterocycles. The van der Waals surface area contributed by atoms with Crippen LogP contribution in [-0.2, 0) is 11.4 Å². The Balaban J connectivity index is 1.43. The summed E-state index contributed by atoms with van der Waals surface area (Å²) in [5.74, 6) is 0.884. The van der Waals surface area contributed by atoms with Crippen LogP contribution in [0.4, 0.5) is 0 Å². The molecule has 0 unspecified atom stereocenters. The third kappa shape index (κ3) is 6.58. The molecular formula is C27H34N2O5S2. The molecule has 0 amide bonds. The van der Waals surface area contributed by atoms with Crippen LogP contribution in [0.3, 0.4) is 0 Å². The van der Waals surface area contributed by atoms with Gasteiger partial charge in [0.15, 0.2) is 0 Å². The molecule has 0 spiro atoms. The van der Waals surface area contributed by atoms with E-state index >= 15 is 0 Å². The zero-order valence-electron chi connectivity index (χ0n) is 20.6. The molecule has 3 N–H and O–H groups in total. The van der Waals surface area contributed by atoms with Gasteiger partial charge in [-0.05, 0) is 79.4 Å². The maximum Gasteiger partial charge on any atom is 0.303 e. The van der Waals surface area contributed by atoms with Gasteiger partial charge in [-0.2, -0.15) is 0 Å². The highest BCUT2D eigenvalue weighted by Crippen LogP contribution is 2.42. The molecule has 0 bridgehead atoms. The zero-order chi connectivity index (χ0) is 25.5. The van der Waals surface area contributed by atoms with Gasteiger partial charge in [-0.3, -0.25) is 9.78 Å². The summed E-state index contributed by atoms with van der Waals surface area (Å²) >= 11 is 3.62. The molecule has 0 aliphatic carbocycles. The van der Waals surface area contributed by atoms with Crippen LogP contribution in [-0.4, -0.2) is 63.7 Å². The van der Waals surface area contributed by atoms with Crippen LogP contribution in [0.1, 0.15) is 49.3 Å². The minimum atomic E-state index is -0.837. The van der Waals surface area contributed by atoms with Crippen molar-refractivity contribution < 1.29 is 24.9 Å². The molecule has 1 atom stereocenters. The van der Waals surface area contributed by atoms with Gasteiger partial charge in [-0.15, -0.1) is 23.1 Å². The SMILES string of the molecule is COc1ccc2ncc(CO)c([C@@H](O)CCC3(CC(=O)O)CCN(CCSc4cccs4)CC3)c2c1. The Morgan fingerprint density at radius 2 is 2.11 bits per heavy atom. The maximum atomic E-state index is 11.8. The van der Waals surface area contributed by atoms with Crippen LogP contribution >= 0.6 is 23.1 Å². The number of piperidine rings is 1. The lowest BCUT2D eigenvalue weighted by molar-refractivity contribution is -0.141. The smallest absolute Gasteiger partial charge is 0.303 e. The van der Waals surface area contributed by atoms with Crippen molar-refractivity contribution in [1.82, 2.24) is 9.88 Å². The molecule has 1 aromatic carbocycles. The molecule has 0 saturated carbocycles. The molecule has 2 aromatic heterocycles. The number of aromatic nitrogens is 1. The number of methoxy groups -OCH3 is 1. The number of nitrogens with zero attached hydrogens (tertiary/aromatic N) is 2. The number of carboxylic acids is 1. The van der Waals surface area contributed by atoms with Gasteiger partial charge in [0.2, 0.25) is 0 Å². The predicted octanol–water partition coefficient (Wildman–Crippen LogP) is 4.96.